The Morgan fingerprint density at radius 2 is 2.00 bits per heavy atom. The van der Waals surface area contributed by atoms with Crippen molar-refractivity contribution in [2.75, 3.05) is 6.54 Å². The molecular weight excluding hydrogens is 177 g/mol. The summed E-state index contributed by atoms with van der Waals surface area (Å²) >= 11 is 0. The Morgan fingerprint density at radius 3 is 2.54 bits per heavy atom. The summed E-state index contributed by atoms with van der Waals surface area (Å²) in [5.74, 6) is -2.39. The molecule has 4 nitrogen and oxygen atoms in total. The minimum Gasteiger partial charge on any atom is -0.504 e. The van der Waals surface area contributed by atoms with E-state index in [1.54, 1.807) is 0 Å². The predicted molar refractivity (Wildman–Crippen MR) is 42.4 cm³/mol. The number of aliphatic hydroxyl groups excluding tert-OH is 1. The van der Waals surface area contributed by atoms with Gasteiger partial charge in [-0.3, -0.25) is 0 Å². The summed E-state index contributed by atoms with van der Waals surface area (Å²) < 4.78 is 13.1. The van der Waals surface area contributed by atoms with E-state index in [0.717, 1.165) is 6.07 Å². The molecular formula is C8H11FNO3+. The molecule has 1 rings (SSSR count). The summed E-state index contributed by atoms with van der Waals surface area (Å²) in [6, 6.07) is 2.33. The predicted octanol–water partition coefficient (Wildman–Crippen LogP) is -0.488. The van der Waals surface area contributed by atoms with Gasteiger partial charge in [-0.1, -0.05) is 0 Å². The summed E-state index contributed by atoms with van der Waals surface area (Å²) in [5.41, 5.74) is 3.33. The smallest absolute Gasteiger partial charge is 0.194 e. The first-order valence-corrected chi connectivity index (χ1v) is 3.75. The van der Waals surface area contributed by atoms with Crippen molar-refractivity contribution < 1.29 is 25.4 Å². The number of hydrogen-bond acceptors (Lipinski definition) is 3. The molecule has 1 atom stereocenters. The number of aromatic hydroxyl groups is 2. The lowest BCUT2D eigenvalue weighted by Gasteiger charge is -2.08. The Morgan fingerprint density at radius 1 is 1.38 bits per heavy atom. The molecule has 0 aromatic heterocycles. The fourth-order valence-electron chi connectivity index (χ4n) is 0.983. The van der Waals surface area contributed by atoms with Gasteiger partial charge >= 0.3 is 0 Å². The molecule has 0 aliphatic heterocycles. The number of aliphatic hydroxyl groups is 1. The van der Waals surface area contributed by atoms with Gasteiger partial charge in [0.05, 0.1) is 0 Å². The summed E-state index contributed by atoms with van der Waals surface area (Å²) in [6.45, 7) is 0.0983. The van der Waals surface area contributed by atoms with Crippen LogP contribution >= 0.6 is 0 Å². The van der Waals surface area contributed by atoms with E-state index in [1.165, 1.54) is 6.07 Å². The van der Waals surface area contributed by atoms with Crippen LogP contribution in [0.5, 0.6) is 11.5 Å². The first kappa shape index (κ1) is 9.76. The molecule has 0 aliphatic rings. The van der Waals surface area contributed by atoms with Gasteiger partial charge in [0, 0.05) is 5.56 Å². The molecule has 5 heteroatoms. The highest BCUT2D eigenvalue weighted by molar-refractivity contribution is 5.42. The van der Waals surface area contributed by atoms with Crippen LogP contribution in [0.2, 0.25) is 0 Å². The molecule has 0 fully saturated rings. The molecule has 13 heavy (non-hydrogen) atoms. The highest BCUT2D eigenvalue weighted by atomic mass is 19.1. The van der Waals surface area contributed by atoms with Crippen LogP contribution in [-0.2, 0) is 0 Å². The van der Waals surface area contributed by atoms with Crippen LogP contribution < -0.4 is 5.73 Å². The van der Waals surface area contributed by atoms with Gasteiger partial charge in [0.1, 0.15) is 12.6 Å². The topological polar surface area (TPSA) is 88.3 Å². The highest BCUT2D eigenvalue weighted by Gasteiger charge is 2.17. The van der Waals surface area contributed by atoms with Crippen LogP contribution in [0.15, 0.2) is 12.1 Å². The van der Waals surface area contributed by atoms with Gasteiger partial charge in [-0.05, 0) is 12.1 Å². The van der Waals surface area contributed by atoms with E-state index >= 15 is 0 Å². The van der Waals surface area contributed by atoms with Crippen molar-refractivity contribution in [1.29, 1.82) is 0 Å². The summed E-state index contributed by atoms with van der Waals surface area (Å²) in [6.07, 6.45) is -1.06. The van der Waals surface area contributed by atoms with Crippen LogP contribution in [0.25, 0.3) is 0 Å². The zero-order chi connectivity index (χ0) is 10.0. The van der Waals surface area contributed by atoms with Crippen molar-refractivity contribution in [3.8, 4) is 11.5 Å². The van der Waals surface area contributed by atoms with Crippen LogP contribution in [0.3, 0.4) is 0 Å². The summed E-state index contributed by atoms with van der Waals surface area (Å²) in [5, 5.41) is 27.1. The van der Waals surface area contributed by atoms with Gasteiger partial charge < -0.3 is 21.1 Å². The van der Waals surface area contributed by atoms with E-state index in [1.807, 2.05) is 0 Å². The third-order valence-corrected chi connectivity index (χ3v) is 1.76. The van der Waals surface area contributed by atoms with E-state index in [2.05, 4.69) is 5.73 Å². The van der Waals surface area contributed by atoms with Crippen molar-refractivity contribution in [2.24, 2.45) is 0 Å². The first-order valence-electron chi connectivity index (χ1n) is 3.75. The zero-order valence-electron chi connectivity index (χ0n) is 6.87. The molecule has 0 bridgehead atoms. The molecule has 1 unspecified atom stereocenters. The largest absolute Gasteiger partial charge is 0.504 e. The quantitative estimate of drug-likeness (QED) is 0.472. The van der Waals surface area contributed by atoms with E-state index < -0.39 is 23.4 Å². The molecule has 0 spiro atoms. The fourth-order valence-corrected chi connectivity index (χ4v) is 0.983. The fraction of sp³-hybridized carbons (Fsp3) is 0.250. The van der Waals surface area contributed by atoms with Crippen LogP contribution in [0.4, 0.5) is 4.39 Å². The van der Waals surface area contributed by atoms with Crippen LogP contribution in [0, 0.1) is 5.82 Å². The summed E-state index contributed by atoms with van der Waals surface area (Å²) in [4.78, 5) is 0. The Labute approximate surface area is 74.0 Å². The minimum absolute atomic E-state index is 0.0645. The summed E-state index contributed by atoms with van der Waals surface area (Å²) in [7, 11) is 0. The number of rotatable bonds is 2. The molecule has 0 radical (unpaired) electrons. The van der Waals surface area contributed by atoms with E-state index in [9.17, 15) is 9.50 Å². The molecule has 1 aromatic carbocycles. The average Bonchev–Trinajstić information content (AvgIpc) is 2.13. The second-order valence-electron chi connectivity index (χ2n) is 2.64. The maximum absolute atomic E-state index is 13.1. The molecule has 1 aromatic rings. The Kier molecular flexibility index (Phi) is 2.69. The first-order chi connectivity index (χ1) is 6.07. The standard InChI is InChI=1S/C8H10FNO3/c9-7-4(6(12)3-10)1-2-5(11)8(7)13/h1-2,6,11-13H,3,10H2/p+1. The number of halogens is 1. The van der Waals surface area contributed by atoms with Gasteiger partial charge in [0.25, 0.3) is 0 Å². The van der Waals surface area contributed by atoms with E-state index in [-0.39, 0.29) is 12.1 Å². The lowest BCUT2D eigenvalue weighted by atomic mass is 10.1. The highest BCUT2D eigenvalue weighted by Crippen LogP contribution is 2.31. The SMILES string of the molecule is [NH3+]CC(O)c1ccc(O)c(O)c1F. The van der Waals surface area contributed by atoms with Crippen molar-refractivity contribution in [2.45, 2.75) is 6.10 Å². The molecule has 6 N–H and O–H groups in total. The molecule has 0 amide bonds. The van der Waals surface area contributed by atoms with E-state index in [0.29, 0.717) is 0 Å². The zero-order valence-corrected chi connectivity index (χ0v) is 6.87. The second-order valence-corrected chi connectivity index (χ2v) is 2.64. The monoisotopic (exact) mass is 188 g/mol. The van der Waals surface area contributed by atoms with Gasteiger partial charge in [0.2, 0.25) is 0 Å². The van der Waals surface area contributed by atoms with Gasteiger partial charge in [-0.15, -0.1) is 0 Å². The third kappa shape index (κ3) is 1.71. The van der Waals surface area contributed by atoms with Gasteiger partial charge in [0.15, 0.2) is 17.3 Å². The number of benzene rings is 1. The molecule has 0 aliphatic carbocycles. The molecule has 0 heterocycles. The maximum atomic E-state index is 13.1. The minimum atomic E-state index is -1.06. The Balaban J connectivity index is 3.18. The van der Waals surface area contributed by atoms with Gasteiger partial charge in [-0.2, -0.15) is 0 Å². The number of phenolic OH excluding ortho intramolecular Hbond substituents is 2. The molecule has 0 saturated heterocycles. The maximum Gasteiger partial charge on any atom is 0.194 e. The van der Waals surface area contributed by atoms with Crippen molar-refractivity contribution in [3.05, 3.63) is 23.5 Å². The number of hydrogen-bond donors (Lipinski definition) is 4. The molecule has 0 saturated carbocycles. The van der Waals surface area contributed by atoms with Crippen LogP contribution in [-0.4, -0.2) is 21.9 Å². The van der Waals surface area contributed by atoms with E-state index in [4.69, 9.17) is 10.2 Å². The van der Waals surface area contributed by atoms with Crippen molar-refractivity contribution in [3.63, 3.8) is 0 Å². The molecule has 72 valence electrons. The Bertz CT molecular complexity index is 317. The Hall–Kier alpha value is -1.33. The van der Waals surface area contributed by atoms with Crippen molar-refractivity contribution >= 4 is 0 Å². The third-order valence-electron chi connectivity index (χ3n) is 1.76. The number of phenols is 2. The van der Waals surface area contributed by atoms with Gasteiger partial charge in [-0.25, -0.2) is 4.39 Å². The second kappa shape index (κ2) is 3.59. The number of quaternary nitrogens is 1. The lowest BCUT2D eigenvalue weighted by Crippen LogP contribution is -2.53. The average molecular weight is 188 g/mol. The lowest BCUT2D eigenvalue weighted by molar-refractivity contribution is -0.385. The van der Waals surface area contributed by atoms with Crippen LogP contribution in [0.1, 0.15) is 11.7 Å². The van der Waals surface area contributed by atoms with Crippen molar-refractivity contribution in [1.82, 2.24) is 0 Å². The normalized spacial score (nSPS) is 12.8.